The molecule has 0 rings (SSSR count). The quantitative estimate of drug-likeness (QED) is 0.0262. The fraction of sp³-hybridized carbons (Fsp3) is 0.746. The first-order chi connectivity index (χ1) is 32.0. The zero-order chi connectivity index (χ0) is 47.2. The van der Waals surface area contributed by atoms with Gasteiger partial charge in [0, 0.05) is 19.3 Å². The maximum atomic E-state index is 12.8. The molecule has 0 N–H and O–H groups in total. The summed E-state index contributed by atoms with van der Waals surface area (Å²) in [6.07, 6.45) is 67.4. The van der Waals surface area contributed by atoms with Crippen molar-refractivity contribution < 1.29 is 28.6 Å². The Morgan fingerprint density at radius 2 is 0.600 bits per heavy atom. The van der Waals surface area contributed by atoms with Gasteiger partial charge in [0.15, 0.2) is 6.10 Å². The van der Waals surface area contributed by atoms with Gasteiger partial charge in [0.2, 0.25) is 0 Å². The van der Waals surface area contributed by atoms with Crippen LogP contribution in [0.5, 0.6) is 0 Å². The molecule has 0 aliphatic carbocycles. The van der Waals surface area contributed by atoms with Crippen LogP contribution < -0.4 is 0 Å². The van der Waals surface area contributed by atoms with Gasteiger partial charge in [-0.25, -0.2) is 0 Å². The maximum absolute atomic E-state index is 12.8. The summed E-state index contributed by atoms with van der Waals surface area (Å²) in [6.45, 7) is 6.48. The van der Waals surface area contributed by atoms with Gasteiger partial charge < -0.3 is 14.2 Å². The first-order valence-corrected chi connectivity index (χ1v) is 27.5. The summed E-state index contributed by atoms with van der Waals surface area (Å²) in [6, 6.07) is 0. The van der Waals surface area contributed by atoms with Crippen molar-refractivity contribution in [3.63, 3.8) is 0 Å². The molecule has 0 aromatic heterocycles. The Morgan fingerprint density at radius 1 is 0.323 bits per heavy atom. The minimum atomic E-state index is -0.793. The zero-order valence-electron chi connectivity index (χ0n) is 42.7. The molecule has 6 nitrogen and oxygen atoms in total. The molecule has 0 heterocycles. The molecule has 0 fully saturated rings. The Labute approximate surface area is 402 Å². The van der Waals surface area contributed by atoms with Crippen molar-refractivity contribution in [1.29, 1.82) is 0 Å². The summed E-state index contributed by atoms with van der Waals surface area (Å²) in [7, 11) is 0. The Hall–Kier alpha value is -3.15. The van der Waals surface area contributed by atoms with Crippen molar-refractivity contribution in [2.45, 2.75) is 271 Å². The number of hydrogen-bond donors (Lipinski definition) is 0. The van der Waals surface area contributed by atoms with Gasteiger partial charge in [-0.15, -0.1) is 0 Å². The third kappa shape index (κ3) is 51.7. The molecule has 0 spiro atoms. The van der Waals surface area contributed by atoms with Crippen molar-refractivity contribution in [3.05, 3.63) is 72.9 Å². The Bertz CT molecular complexity index is 1230. The van der Waals surface area contributed by atoms with E-state index in [1.165, 1.54) is 122 Å². The number of rotatable bonds is 49. The van der Waals surface area contributed by atoms with Crippen molar-refractivity contribution in [2.24, 2.45) is 0 Å². The summed E-state index contributed by atoms with van der Waals surface area (Å²) < 4.78 is 16.8. The number of unbranched alkanes of at least 4 members (excludes halogenated alkanes) is 30. The van der Waals surface area contributed by atoms with Crippen LogP contribution in [0.15, 0.2) is 72.9 Å². The zero-order valence-corrected chi connectivity index (χ0v) is 42.7. The Balaban J connectivity index is 4.43. The molecule has 1 atom stereocenters. The molecule has 1 unspecified atom stereocenters. The van der Waals surface area contributed by atoms with E-state index in [0.717, 1.165) is 103 Å². The van der Waals surface area contributed by atoms with E-state index in [-0.39, 0.29) is 31.1 Å². The van der Waals surface area contributed by atoms with Crippen LogP contribution in [-0.2, 0) is 28.6 Å². The molecule has 6 heteroatoms. The van der Waals surface area contributed by atoms with Crippen LogP contribution in [0, 0.1) is 0 Å². The van der Waals surface area contributed by atoms with Gasteiger partial charge >= 0.3 is 17.9 Å². The molecule has 0 saturated heterocycles. The van der Waals surface area contributed by atoms with Gasteiger partial charge in [-0.05, 0) is 64.2 Å². The predicted molar refractivity (Wildman–Crippen MR) is 279 cm³/mol. The van der Waals surface area contributed by atoms with E-state index < -0.39 is 6.10 Å². The molecule has 0 radical (unpaired) electrons. The van der Waals surface area contributed by atoms with E-state index in [1.807, 2.05) is 18.2 Å². The number of ether oxygens (including phenoxy) is 3. The molecule has 0 aliphatic heterocycles. The van der Waals surface area contributed by atoms with E-state index in [9.17, 15) is 14.4 Å². The standard InChI is InChI=1S/C59H102O6/c1-4-7-10-13-16-19-22-25-28-29-30-32-34-37-40-43-46-49-52-58(61)64-55-56(54-63-57(60)51-48-45-42-39-36-33-27-24-21-18-15-12-9-6-3)65-59(62)53-50-47-44-41-38-35-31-26-23-20-17-14-11-8-5-2/h8,11,14,17,20,23,26,28-32,56H,4-7,9-10,12-13,15-16,18-19,21-22,24-25,27,33-55H2,1-3H3/b11-8-,17-14-,23-20-,29-28-,31-26-,32-30-. The van der Waals surface area contributed by atoms with E-state index in [2.05, 4.69) is 75.5 Å². The smallest absolute Gasteiger partial charge is 0.306 e. The highest BCUT2D eigenvalue weighted by molar-refractivity contribution is 5.71. The molecular weight excluding hydrogens is 805 g/mol. The van der Waals surface area contributed by atoms with Crippen molar-refractivity contribution >= 4 is 17.9 Å². The monoisotopic (exact) mass is 907 g/mol. The lowest BCUT2D eigenvalue weighted by molar-refractivity contribution is -0.167. The van der Waals surface area contributed by atoms with Crippen LogP contribution >= 0.6 is 0 Å². The molecule has 0 aromatic rings. The fourth-order valence-electron chi connectivity index (χ4n) is 7.68. The van der Waals surface area contributed by atoms with Crippen LogP contribution in [0.3, 0.4) is 0 Å². The van der Waals surface area contributed by atoms with Crippen molar-refractivity contribution in [1.82, 2.24) is 0 Å². The third-order valence-electron chi connectivity index (χ3n) is 11.8. The average molecular weight is 907 g/mol. The van der Waals surface area contributed by atoms with Crippen LogP contribution in [-0.4, -0.2) is 37.2 Å². The summed E-state index contributed by atoms with van der Waals surface area (Å²) in [5.74, 6) is -0.921. The number of carbonyl (C=O) groups excluding carboxylic acids is 3. The normalized spacial score (nSPS) is 12.6. The minimum Gasteiger partial charge on any atom is -0.462 e. The van der Waals surface area contributed by atoms with E-state index in [1.54, 1.807) is 0 Å². The largest absolute Gasteiger partial charge is 0.462 e. The van der Waals surface area contributed by atoms with Crippen LogP contribution in [0.25, 0.3) is 0 Å². The molecule has 374 valence electrons. The van der Waals surface area contributed by atoms with E-state index in [4.69, 9.17) is 14.2 Å². The summed E-state index contributed by atoms with van der Waals surface area (Å²) in [5.41, 5.74) is 0. The first kappa shape index (κ1) is 61.9. The fourth-order valence-corrected chi connectivity index (χ4v) is 7.68. The van der Waals surface area contributed by atoms with E-state index >= 15 is 0 Å². The van der Waals surface area contributed by atoms with Crippen LogP contribution in [0.4, 0.5) is 0 Å². The summed E-state index contributed by atoms with van der Waals surface area (Å²) in [4.78, 5) is 38.1. The highest BCUT2D eigenvalue weighted by Gasteiger charge is 2.19. The van der Waals surface area contributed by atoms with Crippen LogP contribution in [0.1, 0.15) is 265 Å². The van der Waals surface area contributed by atoms with Crippen molar-refractivity contribution in [2.75, 3.05) is 13.2 Å². The predicted octanol–water partition coefficient (Wildman–Crippen LogP) is 18.2. The highest BCUT2D eigenvalue weighted by Crippen LogP contribution is 2.15. The van der Waals surface area contributed by atoms with Gasteiger partial charge in [0.1, 0.15) is 13.2 Å². The molecule has 0 saturated carbocycles. The van der Waals surface area contributed by atoms with Gasteiger partial charge in [-0.3, -0.25) is 14.4 Å². The minimum absolute atomic E-state index is 0.0885. The maximum Gasteiger partial charge on any atom is 0.306 e. The Kier molecular flexibility index (Phi) is 50.9. The lowest BCUT2D eigenvalue weighted by Gasteiger charge is -2.18. The number of esters is 3. The topological polar surface area (TPSA) is 78.9 Å². The SMILES string of the molecule is CC\C=C/C=C\C=C/C=C\CCCCCCCC(=O)OC(COC(=O)CCCCCCC/C=C\C=C/CCCCCCCCC)COC(=O)CCCCCCCCCCCCCCCC. The highest BCUT2D eigenvalue weighted by atomic mass is 16.6. The molecular formula is C59H102O6. The molecule has 65 heavy (non-hydrogen) atoms. The second-order valence-electron chi connectivity index (χ2n) is 18.2. The van der Waals surface area contributed by atoms with Gasteiger partial charge in [0.05, 0.1) is 0 Å². The molecule has 0 bridgehead atoms. The van der Waals surface area contributed by atoms with Gasteiger partial charge in [0.25, 0.3) is 0 Å². The summed E-state index contributed by atoms with van der Waals surface area (Å²) in [5, 5.41) is 0. The third-order valence-corrected chi connectivity index (χ3v) is 11.8. The number of allylic oxidation sites excluding steroid dienone is 12. The van der Waals surface area contributed by atoms with Crippen molar-refractivity contribution in [3.8, 4) is 0 Å². The summed E-state index contributed by atoms with van der Waals surface area (Å²) >= 11 is 0. The number of hydrogen-bond acceptors (Lipinski definition) is 6. The lowest BCUT2D eigenvalue weighted by Crippen LogP contribution is -2.30. The molecule has 0 aliphatic rings. The second-order valence-corrected chi connectivity index (χ2v) is 18.2. The second kappa shape index (κ2) is 53.5. The Morgan fingerprint density at radius 3 is 0.954 bits per heavy atom. The first-order valence-electron chi connectivity index (χ1n) is 27.5. The lowest BCUT2D eigenvalue weighted by atomic mass is 10.0. The van der Waals surface area contributed by atoms with Gasteiger partial charge in [-0.1, -0.05) is 254 Å². The van der Waals surface area contributed by atoms with E-state index in [0.29, 0.717) is 19.3 Å². The molecule has 0 aromatic carbocycles. The average Bonchev–Trinajstić information content (AvgIpc) is 3.30. The molecule has 0 amide bonds. The van der Waals surface area contributed by atoms with Gasteiger partial charge in [-0.2, -0.15) is 0 Å². The van der Waals surface area contributed by atoms with Crippen LogP contribution in [0.2, 0.25) is 0 Å². The number of carbonyl (C=O) groups is 3.